The summed E-state index contributed by atoms with van der Waals surface area (Å²) < 4.78 is 43.4. The molecule has 1 heterocycles. The van der Waals surface area contributed by atoms with E-state index in [-0.39, 0.29) is 31.1 Å². The van der Waals surface area contributed by atoms with E-state index in [4.69, 9.17) is 14.1 Å². The van der Waals surface area contributed by atoms with Crippen molar-refractivity contribution in [2.75, 3.05) is 6.79 Å². The second kappa shape index (κ2) is 9.24. The van der Waals surface area contributed by atoms with Crippen LogP contribution in [0.1, 0.15) is 56.5 Å². The molecule has 2 rings (SSSR count). The number of benzene rings is 1. The van der Waals surface area contributed by atoms with E-state index in [1.807, 2.05) is 6.92 Å². The summed E-state index contributed by atoms with van der Waals surface area (Å²) in [6, 6.07) is 0.930. The third-order valence-corrected chi connectivity index (χ3v) is 4.18. The molecule has 1 aliphatic rings. The van der Waals surface area contributed by atoms with Crippen LogP contribution in [-0.4, -0.2) is 38.1 Å². The topological polar surface area (TPSA) is 90.9 Å². The summed E-state index contributed by atoms with van der Waals surface area (Å²) >= 11 is 0. The summed E-state index contributed by atoms with van der Waals surface area (Å²) in [4.78, 5) is 35.7. The highest BCUT2D eigenvalue weighted by molar-refractivity contribution is 6.32. The van der Waals surface area contributed by atoms with Gasteiger partial charge in [-0.15, -0.1) is 0 Å². The molecule has 0 aromatic heterocycles. The molecule has 0 spiro atoms. The summed E-state index contributed by atoms with van der Waals surface area (Å²) in [6.07, 6.45) is 1.18. The van der Waals surface area contributed by atoms with Crippen LogP contribution in [0.5, 0.6) is 5.75 Å². The summed E-state index contributed by atoms with van der Waals surface area (Å²) in [5.41, 5.74) is -1.28. The van der Waals surface area contributed by atoms with Gasteiger partial charge < -0.3 is 19.4 Å². The standard InChI is InChI=1S/C19H24BF2NO6/c1-5-6-13(24)23-12-8-10-7-11(21)15(22)14(16(10)29-20-12)17(25)27-9-28-18(26)19(2,3)4/h7,12,20H,5-6,8-9H2,1-4H3,(H,23,24). The Hall–Kier alpha value is -2.65. The van der Waals surface area contributed by atoms with Crippen LogP contribution in [0, 0.1) is 17.0 Å². The van der Waals surface area contributed by atoms with E-state index in [0.717, 1.165) is 6.07 Å². The quantitative estimate of drug-likeness (QED) is 0.439. The first-order valence-electron chi connectivity index (χ1n) is 9.32. The van der Waals surface area contributed by atoms with Gasteiger partial charge in [-0.3, -0.25) is 9.59 Å². The maximum Gasteiger partial charge on any atom is 0.363 e. The maximum atomic E-state index is 14.3. The van der Waals surface area contributed by atoms with E-state index in [9.17, 15) is 23.2 Å². The lowest BCUT2D eigenvalue weighted by Crippen LogP contribution is -2.45. The van der Waals surface area contributed by atoms with Gasteiger partial charge in [0, 0.05) is 12.4 Å². The lowest BCUT2D eigenvalue weighted by molar-refractivity contribution is -0.161. The molecule has 1 amide bonds. The third-order valence-electron chi connectivity index (χ3n) is 4.18. The SMILES string of the molecule is CCCC(=O)NC1BOc2c(cc(F)c(F)c2C(=O)OCOC(=O)C(C)(C)C)C1. The third kappa shape index (κ3) is 5.68. The number of amides is 1. The van der Waals surface area contributed by atoms with Crippen molar-refractivity contribution in [1.29, 1.82) is 0 Å². The van der Waals surface area contributed by atoms with Crippen molar-refractivity contribution in [2.24, 2.45) is 5.41 Å². The van der Waals surface area contributed by atoms with Crippen molar-refractivity contribution >= 4 is 25.3 Å². The van der Waals surface area contributed by atoms with E-state index >= 15 is 0 Å². The van der Waals surface area contributed by atoms with Gasteiger partial charge in [-0.1, -0.05) is 6.92 Å². The van der Waals surface area contributed by atoms with Gasteiger partial charge in [-0.05, 0) is 45.2 Å². The molecule has 7 nitrogen and oxygen atoms in total. The predicted molar refractivity (Wildman–Crippen MR) is 101 cm³/mol. The predicted octanol–water partition coefficient (Wildman–Crippen LogP) is 2.20. The number of rotatable bonds is 6. The van der Waals surface area contributed by atoms with Crippen LogP contribution in [-0.2, 0) is 25.5 Å². The van der Waals surface area contributed by atoms with Crippen molar-refractivity contribution in [2.45, 2.75) is 52.9 Å². The molecule has 0 fully saturated rings. The first-order valence-corrected chi connectivity index (χ1v) is 9.32. The van der Waals surface area contributed by atoms with E-state index in [2.05, 4.69) is 5.32 Å². The normalized spacial score (nSPS) is 15.4. The van der Waals surface area contributed by atoms with Gasteiger partial charge >= 0.3 is 19.4 Å². The molecule has 1 unspecified atom stereocenters. The number of carbonyl (C=O) groups is 3. The molecule has 1 aliphatic heterocycles. The average Bonchev–Trinajstić information content (AvgIpc) is 2.62. The molecule has 1 aromatic carbocycles. The van der Waals surface area contributed by atoms with Crippen LogP contribution < -0.4 is 9.97 Å². The number of ether oxygens (including phenoxy) is 2. The summed E-state index contributed by atoms with van der Waals surface area (Å²) in [7, 11) is -0.00713. The minimum Gasteiger partial charge on any atom is -0.561 e. The van der Waals surface area contributed by atoms with Gasteiger partial charge in [0.15, 0.2) is 11.6 Å². The monoisotopic (exact) mass is 411 g/mol. The summed E-state index contributed by atoms with van der Waals surface area (Å²) in [5, 5.41) is 2.75. The largest absolute Gasteiger partial charge is 0.561 e. The van der Waals surface area contributed by atoms with Gasteiger partial charge in [0.2, 0.25) is 12.7 Å². The summed E-state index contributed by atoms with van der Waals surface area (Å²) in [6.45, 7) is 5.96. The first kappa shape index (κ1) is 22.6. The highest BCUT2D eigenvalue weighted by Crippen LogP contribution is 2.33. The molecule has 0 saturated carbocycles. The lowest BCUT2D eigenvalue weighted by Gasteiger charge is -2.27. The number of fused-ring (bicyclic) bond motifs is 1. The Kier molecular flexibility index (Phi) is 7.21. The van der Waals surface area contributed by atoms with Crippen molar-refractivity contribution in [1.82, 2.24) is 5.32 Å². The molecular weight excluding hydrogens is 387 g/mol. The average molecular weight is 411 g/mol. The van der Waals surface area contributed by atoms with Crippen molar-refractivity contribution < 1.29 is 37.3 Å². The molecule has 29 heavy (non-hydrogen) atoms. The highest BCUT2D eigenvalue weighted by atomic mass is 19.2. The van der Waals surface area contributed by atoms with Crippen LogP contribution in [0.15, 0.2) is 6.07 Å². The zero-order valence-electron chi connectivity index (χ0n) is 16.9. The van der Waals surface area contributed by atoms with Gasteiger partial charge in [0.1, 0.15) is 11.3 Å². The van der Waals surface area contributed by atoms with Crippen LogP contribution >= 0.6 is 0 Å². The minimum atomic E-state index is -1.41. The van der Waals surface area contributed by atoms with Crippen LogP contribution in [0.25, 0.3) is 0 Å². The smallest absolute Gasteiger partial charge is 0.363 e. The molecule has 0 aliphatic carbocycles. The Labute approximate surface area is 168 Å². The number of hydrogen-bond acceptors (Lipinski definition) is 6. The molecule has 10 heteroatoms. The fraction of sp³-hybridized carbons (Fsp3) is 0.526. The Morgan fingerprint density at radius 1 is 1.28 bits per heavy atom. The summed E-state index contributed by atoms with van der Waals surface area (Å²) in [5.74, 6) is -5.23. The van der Waals surface area contributed by atoms with Crippen molar-refractivity contribution in [3.8, 4) is 5.75 Å². The maximum absolute atomic E-state index is 14.3. The Morgan fingerprint density at radius 3 is 2.59 bits per heavy atom. The molecule has 0 bridgehead atoms. The van der Waals surface area contributed by atoms with E-state index < -0.39 is 47.3 Å². The molecule has 0 saturated heterocycles. The Balaban J connectivity index is 2.14. The fourth-order valence-electron chi connectivity index (χ4n) is 2.71. The molecular formula is C19H24BF2NO6. The van der Waals surface area contributed by atoms with Gasteiger partial charge in [0.05, 0.1) is 5.41 Å². The van der Waals surface area contributed by atoms with Gasteiger partial charge in [-0.25, -0.2) is 13.6 Å². The number of halogens is 2. The minimum absolute atomic E-state index is 0.00713. The number of hydrogen-bond donors (Lipinski definition) is 1. The van der Waals surface area contributed by atoms with E-state index in [1.54, 1.807) is 20.8 Å². The molecule has 0 radical (unpaired) electrons. The zero-order valence-corrected chi connectivity index (χ0v) is 16.9. The second-order valence-electron chi connectivity index (χ2n) is 7.80. The van der Waals surface area contributed by atoms with Crippen LogP contribution in [0.4, 0.5) is 8.78 Å². The number of esters is 2. The van der Waals surface area contributed by atoms with Gasteiger partial charge in [-0.2, -0.15) is 0 Å². The van der Waals surface area contributed by atoms with E-state index in [1.165, 1.54) is 0 Å². The second-order valence-corrected chi connectivity index (χ2v) is 7.80. The molecule has 1 N–H and O–H groups in total. The van der Waals surface area contributed by atoms with Crippen molar-refractivity contribution in [3.05, 3.63) is 28.8 Å². The first-order chi connectivity index (χ1) is 13.5. The van der Waals surface area contributed by atoms with Gasteiger partial charge in [0.25, 0.3) is 0 Å². The molecule has 158 valence electrons. The Morgan fingerprint density at radius 2 is 1.97 bits per heavy atom. The van der Waals surface area contributed by atoms with Crippen LogP contribution in [0.2, 0.25) is 0 Å². The van der Waals surface area contributed by atoms with Crippen molar-refractivity contribution in [3.63, 3.8) is 0 Å². The zero-order chi connectivity index (χ0) is 21.8. The fourth-order valence-corrected chi connectivity index (χ4v) is 2.71. The molecule has 1 atom stereocenters. The number of carbonyl (C=O) groups excluding carboxylic acids is 3. The van der Waals surface area contributed by atoms with Crippen LogP contribution in [0.3, 0.4) is 0 Å². The Bertz CT molecular complexity index is 809. The number of nitrogens with one attached hydrogen (secondary N) is 1. The lowest BCUT2D eigenvalue weighted by atomic mass is 9.78. The molecule has 1 aromatic rings. The van der Waals surface area contributed by atoms with E-state index in [0.29, 0.717) is 12.8 Å². The highest BCUT2D eigenvalue weighted by Gasteiger charge is 2.32.